The Morgan fingerprint density at radius 1 is 0.880 bits per heavy atom. The van der Waals surface area contributed by atoms with E-state index in [1.54, 1.807) is 30.3 Å². The molecule has 8 heteroatoms. The lowest BCUT2D eigenvalue weighted by Gasteiger charge is -2.13. The summed E-state index contributed by atoms with van der Waals surface area (Å²) in [7, 11) is -4.15. The van der Waals surface area contributed by atoms with Gasteiger partial charge in [0, 0.05) is 11.1 Å². The Hall–Kier alpha value is -2.61. The van der Waals surface area contributed by atoms with E-state index in [2.05, 4.69) is 4.72 Å². The molecule has 0 radical (unpaired) electrons. The average molecular weight is 369 g/mol. The van der Waals surface area contributed by atoms with Crippen LogP contribution in [0.5, 0.6) is 0 Å². The van der Waals surface area contributed by atoms with Gasteiger partial charge < -0.3 is 0 Å². The third-order valence-electron chi connectivity index (χ3n) is 3.56. The van der Waals surface area contributed by atoms with E-state index in [1.807, 2.05) is 0 Å². The normalized spacial score (nSPS) is 12.3. The molecule has 0 spiro atoms. The van der Waals surface area contributed by atoms with Crippen LogP contribution in [0.2, 0.25) is 0 Å². The predicted molar refractivity (Wildman–Crippen MR) is 86.2 cm³/mol. The van der Waals surface area contributed by atoms with Crippen LogP contribution in [0.3, 0.4) is 0 Å². The molecule has 0 amide bonds. The molecule has 0 aliphatic carbocycles. The highest BCUT2D eigenvalue weighted by Gasteiger charge is 2.34. The van der Waals surface area contributed by atoms with E-state index in [0.717, 1.165) is 6.07 Å². The molecule has 3 rings (SSSR count). The van der Waals surface area contributed by atoms with Crippen molar-refractivity contribution in [1.29, 1.82) is 0 Å². The zero-order valence-corrected chi connectivity index (χ0v) is 13.3. The lowest BCUT2D eigenvalue weighted by Crippen LogP contribution is -2.15. The highest BCUT2D eigenvalue weighted by atomic mass is 32.2. The first kappa shape index (κ1) is 17.2. The molecule has 3 nitrogen and oxygen atoms in total. The van der Waals surface area contributed by atoms with Crippen LogP contribution in [0.15, 0.2) is 65.6 Å². The number of fused-ring (bicyclic) bond motifs is 1. The quantitative estimate of drug-likeness (QED) is 0.674. The molecular formula is C17H11F4NO2S. The van der Waals surface area contributed by atoms with Crippen molar-refractivity contribution in [3.05, 3.63) is 72.0 Å². The molecule has 0 unspecified atom stereocenters. The first-order chi connectivity index (χ1) is 11.7. The van der Waals surface area contributed by atoms with Crippen LogP contribution < -0.4 is 4.72 Å². The molecule has 0 atom stereocenters. The van der Waals surface area contributed by atoms with Gasteiger partial charge in [-0.2, -0.15) is 13.2 Å². The third-order valence-corrected chi connectivity index (χ3v) is 5.00. The van der Waals surface area contributed by atoms with E-state index in [1.165, 1.54) is 12.1 Å². The number of hydrogen-bond acceptors (Lipinski definition) is 2. The number of benzene rings is 3. The summed E-state index contributed by atoms with van der Waals surface area (Å²) in [5, 5.41) is 1.09. The number of rotatable bonds is 3. The molecule has 0 aliphatic heterocycles. The van der Waals surface area contributed by atoms with Crippen molar-refractivity contribution in [1.82, 2.24) is 0 Å². The molecule has 0 saturated heterocycles. The van der Waals surface area contributed by atoms with Gasteiger partial charge in [-0.05, 0) is 29.7 Å². The van der Waals surface area contributed by atoms with Crippen LogP contribution in [0, 0.1) is 5.82 Å². The summed E-state index contributed by atoms with van der Waals surface area (Å²) in [6.07, 6.45) is -4.93. The van der Waals surface area contributed by atoms with Crippen LogP contribution in [0.4, 0.5) is 23.2 Å². The Balaban J connectivity index is 2.05. The first-order valence-corrected chi connectivity index (χ1v) is 8.54. The van der Waals surface area contributed by atoms with Gasteiger partial charge in [-0.1, -0.05) is 36.4 Å². The largest absolute Gasteiger partial charge is 0.419 e. The fraction of sp³-hybridized carbons (Fsp3) is 0.0588. The van der Waals surface area contributed by atoms with E-state index in [-0.39, 0.29) is 10.6 Å². The van der Waals surface area contributed by atoms with Gasteiger partial charge in [0.25, 0.3) is 10.0 Å². The molecule has 0 heterocycles. The highest BCUT2D eigenvalue weighted by molar-refractivity contribution is 7.93. The van der Waals surface area contributed by atoms with E-state index < -0.39 is 27.6 Å². The number of nitrogens with one attached hydrogen (secondary N) is 1. The Morgan fingerprint density at radius 3 is 2.28 bits per heavy atom. The topological polar surface area (TPSA) is 46.2 Å². The first-order valence-electron chi connectivity index (χ1n) is 7.06. The lowest BCUT2D eigenvalue weighted by molar-refractivity contribution is -0.139. The summed E-state index contributed by atoms with van der Waals surface area (Å²) in [6.45, 7) is 0. The number of sulfonamides is 1. The molecule has 0 fully saturated rings. The molecule has 3 aromatic carbocycles. The minimum atomic E-state index is -4.93. The molecule has 130 valence electrons. The summed E-state index contributed by atoms with van der Waals surface area (Å²) >= 11 is 0. The molecule has 3 aromatic rings. The number of alkyl halides is 3. The van der Waals surface area contributed by atoms with Gasteiger partial charge >= 0.3 is 6.18 Å². The van der Waals surface area contributed by atoms with Crippen molar-refractivity contribution in [3.8, 4) is 0 Å². The maximum atomic E-state index is 13.3. The molecular weight excluding hydrogens is 358 g/mol. The van der Waals surface area contributed by atoms with Crippen molar-refractivity contribution in [3.63, 3.8) is 0 Å². The molecule has 0 bridgehead atoms. The van der Waals surface area contributed by atoms with Crippen molar-refractivity contribution < 1.29 is 26.0 Å². The maximum Gasteiger partial charge on any atom is 0.419 e. The standard InChI is InChI=1S/C17H11F4NO2S/c18-15-9-8-12(10-14(15)17(19,20)21)22-25(23,24)16-7-3-5-11-4-1-2-6-13(11)16/h1-10,22H. The molecule has 25 heavy (non-hydrogen) atoms. The number of halogens is 4. The van der Waals surface area contributed by atoms with Crippen LogP contribution in [-0.2, 0) is 16.2 Å². The van der Waals surface area contributed by atoms with Crippen LogP contribution in [0.1, 0.15) is 5.56 Å². The second-order valence-electron chi connectivity index (χ2n) is 5.28. The van der Waals surface area contributed by atoms with Crippen molar-refractivity contribution in [2.45, 2.75) is 11.1 Å². The van der Waals surface area contributed by atoms with Gasteiger partial charge in [-0.3, -0.25) is 4.72 Å². The third kappa shape index (κ3) is 3.43. The van der Waals surface area contributed by atoms with Crippen LogP contribution in [0.25, 0.3) is 10.8 Å². The fourth-order valence-corrected chi connectivity index (χ4v) is 3.73. The summed E-state index contributed by atoms with van der Waals surface area (Å²) in [6, 6.07) is 13.2. The lowest BCUT2D eigenvalue weighted by atomic mass is 10.1. The Labute approximate surface area is 141 Å². The van der Waals surface area contributed by atoms with Gasteiger partial charge in [0.05, 0.1) is 10.5 Å². The zero-order chi connectivity index (χ0) is 18.2. The van der Waals surface area contributed by atoms with E-state index in [0.29, 0.717) is 22.9 Å². The summed E-state index contributed by atoms with van der Waals surface area (Å²) in [4.78, 5) is -0.0801. The molecule has 0 aromatic heterocycles. The Bertz CT molecular complexity index is 1040. The number of anilines is 1. The SMILES string of the molecule is O=S(=O)(Nc1ccc(F)c(C(F)(F)F)c1)c1cccc2ccccc12. The Morgan fingerprint density at radius 2 is 1.56 bits per heavy atom. The fourth-order valence-electron chi connectivity index (χ4n) is 2.45. The maximum absolute atomic E-state index is 13.3. The van der Waals surface area contributed by atoms with Gasteiger partial charge in [-0.15, -0.1) is 0 Å². The highest BCUT2D eigenvalue weighted by Crippen LogP contribution is 2.34. The van der Waals surface area contributed by atoms with E-state index in [9.17, 15) is 26.0 Å². The van der Waals surface area contributed by atoms with Gasteiger partial charge in [-0.25, -0.2) is 12.8 Å². The van der Waals surface area contributed by atoms with Crippen molar-refractivity contribution in [2.24, 2.45) is 0 Å². The Kier molecular flexibility index (Phi) is 4.16. The van der Waals surface area contributed by atoms with Gasteiger partial charge in [0.2, 0.25) is 0 Å². The van der Waals surface area contributed by atoms with Crippen LogP contribution >= 0.6 is 0 Å². The van der Waals surface area contributed by atoms with Crippen LogP contribution in [-0.4, -0.2) is 8.42 Å². The van der Waals surface area contributed by atoms with Gasteiger partial charge in [0.1, 0.15) is 5.82 Å². The minimum Gasteiger partial charge on any atom is -0.280 e. The smallest absolute Gasteiger partial charge is 0.280 e. The minimum absolute atomic E-state index is 0.0801. The summed E-state index contributed by atoms with van der Waals surface area (Å²) in [5.74, 6) is -1.47. The zero-order valence-electron chi connectivity index (χ0n) is 12.5. The molecule has 0 saturated carbocycles. The second kappa shape index (κ2) is 6.03. The second-order valence-corrected chi connectivity index (χ2v) is 6.93. The molecule has 1 N–H and O–H groups in total. The number of hydrogen-bond donors (Lipinski definition) is 1. The van der Waals surface area contributed by atoms with E-state index >= 15 is 0 Å². The molecule has 0 aliphatic rings. The predicted octanol–water partition coefficient (Wildman–Crippen LogP) is 4.80. The average Bonchev–Trinajstić information content (AvgIpc) is 2.55. The monoisotopic (exact) mass is 369 g/mol. The van der Waals surface area contributed by atoms with Crippen molar-refractivity contribution >= 4 is 26.5 Å². The summed E-state index contributed by atoms with van der Waals surface area (Å²) < 4.78 is 78.9. The van der Waals surface area contributed by atoms with E-state index in [4.69, 9.17) is 0 Å². The van der Waals surface area contributed by atoms with Gasteiger partial charge in [0.15, 0.2) is 0 Å². The summed E-state index contributed by atoms with van der Waals surface area (Å²) in [5.41, 5.74) is -1.91. The van der Waals surface area contributed by atoms with Crippen molar-refractivity contribution in [2.75, 3.05) is 4.72 Å².